The van der Waals surface area contributed by atoms with Crippen LogP contribution in [0.5, 0.6) is 0 Å². The van der Waals surface area contributed by atoms with Gasteiger partial charge in [-0.1, -0.05) is 0 Å². The minimum Gasteiger partial charge on any atom is -0.465 e. The maximum Gasteiger partial charge on any atom is 0.338 e. The van der Waals surface area contributed by atoms with Gasteiger partial charge in [-0.05, 0) is 12.5 Å². The number of methoxy groups -OCH3 is 1. The van der Waals surface area contributed by atoms with Gasteiger partial charge in [-0.15, -0.1) is 0 Å². The van der Waals surface area contributed by atoms with Crippen molar-refractivity contribution in [1.82, 2.24) is 5.32 Å². The summed E-state index contributed by atoms with van der Waals surface area (Å²) in [5.74, 6) is -2.85. The van der Waals surface area contributed by atoms with Crippen molar-refractivity contribution in [2.45, 2.75) is 12.5 Å². The van der Waals surface area contributed by atoms with Gasteiger partial charge in [-0.25, -0.2) is 18.0 Å². The first-order valence-electron chi connectivity index (χ1n) is 7.66. The van der Waals surface area contributed by atoms with Gasteiger partial charge in [0.1, 0.15) is 0 Å². The molecule has 11 nitrogen and oxygen atoms in total. The molecule has 1 aliphatic heterocycles. The first kappa shape index (κ1) is 20.3. The first-order valence-corrected chi connectivity index (χ1v) is 9.48. The Hall–Kier alpha value is -3.02. The Morgan fingerprint density at radius 2 is 1.85 bits per heavy atom. The molecule has 1 atom stereocenters. The Labute approximate surface area is 153 Å². The molecular weight excluding hydrogens is 384 g/mol. The second-order valence-corrected chi connectivity index (χ2v) is 7.99. The van der Waals surface area contributed by atoms with E-state index in [2.05, 4.69) is 10.1 Å². The summed E-state index contributed by atoms with van der Waals surface area (Å²) in [5.41, 5.74) is -1.05. The van der Waals surface area contributed by atoms with Crippen LogP contribution in [-0.2, 0) is 24.1 Å². The number of nitro benzene ring substituents is 1. The zero-order valence-corrected chi connectivity index (χ0v) is 15.0. The van der Waals surface area contributed by atoms with Gasteiger partial charge in [0.05, 0.1) is 34.7 Å². The second-order valence-electron chi connectivity index (χ2n) is 5.76. The Kier molecular flexibility index (Phi) is 6.10. The van der Waals surface area contributed by atoms with Crippen molar-refractivity contribution in [2.24, 2.45) is 0 Å². The lowest BCUT2D eigenvalue weighted by Crippen LogP contribution is -2.38. The van der Waals surface area contributed by atoms with E-state index >= 15 is 0 Å². The molecule has 1 aromatic carbocycles. The largest absolute Gasteiger partial charge is 0.465 e. The summed E-state index contributed by atoms with van der Waals surface area (Å²) in [5, 5.41) is 13.4. The minimum atomic E-state index is -3.17. The lowest BCUT2D eigenvalue weighted by molar-refractivity contribution is -0.384. The summed E-state index contributed by atoms with van der Waals surface area (Å²) in [6, 6.07) is 2.33. The molecule has 0 saturated carbocycles. The first-order chi connectivity index (χ1) is 12.6. The molecule has 1 aromatic rings. The molecule has 0 unspecified atom stereocenters. The molecule has 27 heavy (non-hydrogen) atoms. The number of nitrogens with zero attached hydrogens (tertiary/aromatic N) is 1. The number of nitrogens with one attached hydrogen (secondary N) is 1. The van der Waals surface area contributed by atoms with Gasteiger partial charge in [-0.2, -0.15) is 0 Å². The van der Waals surface area contributed by atoms with Crippen molar-refractivity contribution in [3.63, 3.8) is 0 Å². The third-order valence-electron chi connectivity index (χ3n) is 3.72. The maximum atomic E-state index is 12.1. The van der Waals surface area contributed by atoms with Crippen molar-refractivity contribution >= 4 is 33.4 Å². The van der Waals surface area contributed by atoms with Crippen molar-refractivity contribution < 1.29 is 37.2 Å². The van der Waals surface area contributed by atoms with E-state index in [4.69, 9.17) is 4.74 Å². The van der Waals surface area contributed by atoms with Gasteiger partial charge >= 0.3 is 11.9 Å². The van der Waals surface area contributed by atoms with Crippen LogP contribution >= 0.6 is 0 Å². The van der Waals surface area contributed by atoms with E-state index < -0.39 is 50.9 Å². The van der Waals surface area contributed by atoms with E-state index in [0.29, 0.717) is 0 Å². The van der Waals surface area contributed by atoms with Crippen molar-refractivity contribution in [1.29, 1.82) is 0 Å². The number of rotatable bonds is 6. The predicted molar refractivity (Wildman–Crippen MR) is 89.9 cm³/mol. The number of amides is 1. The van der Waals surface area contributed by atoms with Gasteiger partial charge in [0.25, 0.3) is 11.6 Å². The van der Waals surface area contributed by atoms with E-state index in [-0.39, 0.29) is 29.1 Å². The molecule has 1 saturated heterocycles. The third-order valence-corrected chi connectivity index (χ3v) is 5.49. The number of hydrogen-bond acceptors (Lipinski definition) is 9. The highest BCUT2D eigenvalue weighted by Crippen LogP contribution is 2.19. The number of sulfone groups is 1. The zero-order valence-electron chi connectivity index (χ0n) is 14.2. The highest BCUT2D eigenvalue weighted by Gasteiger charge is 2.29. The number of non-ortho nitro benzene ring substituents is 1. The van der Waals surface area contributed by atoms with Crippen LogP contribution in [0, 0.1) is 10.1 Å². The normalized spacial score (nSPS) is 17.7. The smallest absolute Gasteiger partial charge is 0.338 e. The lowest BCUT2D eigenvalue weighted by atomic mass is 10.1. The average Bonchev–Trinajstić information content (AvgIpc) is 2.96. The van der Waals surface area contributed by atoms with Crippen LogP contribution in [-0.4, -0.2) is 62.5 Å². The lowest BCUT2D eigenvalue weighted by Gasteiger charge is -2.11. The Morgan fingerprint density at radius 3 is 2.37 bits per heavy atom. The number of carbonyl (C=O) groups is 3. The van der Waals surface area contributed by atoms with Crippen molar-refractivity contribution in [2.75, 3.05) is 25.2 Å². The molecule has 146 valence electrons. The maximum absolute atomic E-state index is 12.1. The summed E-state index contributed by atoms with van der Waals surface area (Å²) in [4.78, 5) is 45.5. The van der Waals surface area contributed by atoms with E-state index in [1.165, 1.54) is 0 Å². The molecule has 1 N–H and O–H groups in total. The van der Waals surface area contributed by atoms with E-state index in [9.17, 15) is 32.9 Å². The van der Waals surface area contributed by atoms with Crippen LogP contribution in [0.2, 0.25) is 0 Å². The fraction of sp³-hybridized carbons (Fsp3) is 0.400. The molecule has 1 aliphatic rings. The summed E-state index contributed by atoms with van der Waals surface area (Å²) in [7, 11) is -2.10. The fourth-order valence-electron chi connectivity index (χ4n) is 2.46. The standard InChI is InChI=1S/C15H16N2O9S/c1-25-14(19)9-4-10(6-12(5-9)17(21)22)15(20)26-7-13(18)16-11-2-3-27(23,24)8-11/h4-6,11H,2-3,7-8H2,1H3,(H,16,18)/t11-/m1/s1. The summed E-state index contributed by atoms with van der Waals surface area (Å²) < 4.78 is 31.9. The number of nitro groups is 1. The Balaban J connectivity index is 2.02. The third kappa shape index (κ3) is 5.48. The highest BCUT2D eigenvalue weighted by molar-refractivity contribution is 7.91. The van der Waals surface area contributed by atoms with Gasteiger partial charge in [0.2, 0.25) is 0 Å². The van der Waals surface area contributed by atoms with Crippen LogP contribution in [0.1, 0.15) is 27.1 Å². The van der Waals surface area contributed by atoms with E-state index in [0.717, 1.165) is 25.3 Å². The van der Waals surface area contributed by atoms with Crippen LogP contribution < -0.4 is 5.32 Å². The summed E-state index contributed by atoms with van der Waals surface area (Å²) in [6.45, 7) is -0.703. The monoisotopic (exact) mass is 400 g/mol. The molecule has 0 radical (unpaired) electrons. The molecule has 0 aromatic heterocycles. The number of esters is 2. The molecular formula is C15H16N2O9S. The molecule has 1 amide bonds. The summed E-state index contributed by atoms with van der Waals surface area (Å²) in [6.07, 6.45) is 0.273. The van der Waals surface area contributed by atoms with Gasteiger partial charge in [0.15, 0.2) is 16.4 Å². The van der Waals surface area contributed by atoms with Crippen molar-refractivity contribution in [3.8, 4) is 0 Å². The van der Waals surface area contributed by atoms with Crippen molar-refractivity contribution in [3.05, 3.63) is 39.4 Å². The average molecular weight is 400 g/mol. The number of benzene rings is 1. The zero-order chi connectivity index (χ0) is 20.2. The quantitative estimate of drug-likeness (QED) is 0.389. The van der Waals surface area contributed by atoms with Gasteiger partial charge in [-0.3, -0.25) is 14.9 Å². The molecule has 0 bridgehead atoms. The van der Waals surface area contributed by atoms with Gasteiger partial charge < -0.3 is 14.8 Å². The van der Waals surface area contributed by atoms with E-state index in [1.54, 1.807) is 0 Å². The van der Waals surface area contributed by atoms with Crippen LogP contribution in [0.15, 0.2) is 18.2 Å². The predicted octanol–water partition coefficient (Wildman–Crippen LogP) is -0.158. The van der Waals surface area contributed by atoms with E-state index in [1.807, 2.05) is 0 Å². The second kappa shape index (κ2) is 8.12. The SMILES string of the molecule is COC(=O)c1cc(C(=O)OCC(=O)N[C@@H]2CCS(=O)(=O)C2)cc([N+](=O)[O-])c1. The Morgan fingerprint density at radius 1 is 1.22 bits per heavy atom. The number of carbonyl (C=O) groups excluding carboxylic acids is 3. The van der Waals surface area contributed by atoms with Gasteiger partial charge in [0, 0.05) is 18.2 Å². The topological polar surface area (TPSA) is 159 Å². The Bertz CT molecular complexity index is 895. The molecule has 12 heteroatoms. The van der Waals surface area contributed by atoms with Crippen LogP contribution in [0.25, 0.3) is 0 Å². The molecule has 0 spiro atoms. The fourth-order valence-corrected chi connectivity index (χ4v) is 4.14. The highest BCUT2D eigenvalue weighted by atomic mass is 32.2. The minimum absolute atomic E-state index is 0.0261. The summed E-state index contributed by atoms with van der Waals surface area (Å²) >= 11 is 0. The van der Waals surface area contributed by atoms with Crippen LogP contribution in [0.3, 0.4) is 0 Å². The molecule has 1 fully saturated rings. The molecule has 1 heterocycles. The molecule has 0 aliphatic carbocycles. The number of hydrogen-bond donors (Lipinski definition) is 1. The number of ether oxygens (including phenoxy) is 2. The molecule has 2 rings (SSSR count). The van der Waals surface area contributed by atoms with Crippen LogP contribution in [0.4, 0.5) is 5.69 Å².